The van der Waals surface area contributed by atoms with Gasteiger partial charge in [0.15, 0.2) is 0 Å². The third-order valence-electron chi connectivity index (χ3n) is 2.85. The van der Waals surface area contributed by atoms with Crippen LogP contribution in [0.3, 0.4) is 0 Å². The van der Waals surface area contributed by atoms with E-state index in [-0.39, 0.29) is 6.03 Å². The number of amides is 2. The molecular formula is C16H20N4OS. The highest BCUT2D eigenvalue weighted by Crippen LogP contribution is 2.25. The zero-order chi connectivity index (χ0) is 15.8. The van der Waals surface area contributed by atoms with Gasteiger partial charge in [-0.3, -0.25) is 0 Å². The molecule has 0 saturated carbocycles. The summed E-state index contributed by atoms with van der Waals surface area (Å²) in [5.74, 6) is 0.572. The van der Waals surface area contributed by atoms with Gasteiger partial charge in [-0.25, -0.2) is 14.8 Å². The second-order valence-electron chi connectivity index (χ2n) is 5.22. The number of anilines is 1. The lowest BCUT2D eigenvalue weighted by Gasteiger charge is -2.09. The van der Waals surface area contributed by atoms with Crippen LogP contribution in [0.25, 0.3) is 0 Å². The summed E-state index contributed by atoms with van der Waals surface area (Å²) in [6.45, 7) is 4.93. The summed E-state index contributed by atoms with van der Waals surface area (Å²) in [6.07, 6.45) is 4.38. The van der Waals surface area contributed by atoms with E-state index >= 15 is 0 Å². The second-order valence-corrected chi connectivity index (χ2v) is 6.26. The molecule has 6 heteroatoms. The molecule has 116 valence electrons. The van der Waals surface area contributed by atoms with E-state index in [2.05, 4.69) is 34.4 Å². The van der Waals surface area contributed by atoms with Gasteiger partial charge >= 0.3 is 6.03 Å². The topological polar surface area (TPSA) is 66.9 Å². The normalized spacial score (nSPS) is 10.5. The lowest BCUT2D eigenvalue weighted by molar-refractivity contribution is 0.251. The molecule has 2 heterocycles. The Hall–Kier alpha value is -2.08. The van der Waals surface area contributed by atoms with Crippen LogP contribution < -0.4 is 10.6 Å². The van der Waals surface area contributed by atoms with Gasteiger partial charge in [0.2, 0.25) is 0 Å². The smallest absolute Gasteiger partial charge is 0.319 e. The lowest BCUT2D eigenvalue weighted by Crippen LogP contribution is -2.30. The van der Waals surface area contributed by atoms with Gasteiger partial charge in [0.05, 0.1) is 0 Å². The van der Waals surface area contributed by atoms with Crippen molar-refractivity contribution in [3.05, 3.63) is 42.7 Å². The summed E-state index contributed by atoms with van der Waals surface area (Å²) in [6, 6.07) is 9.13. The molecule has 2 amide bonds. The SMILES string of the molecule is CC(C)CCNC(=O)Nc1ccnc(Sc2ccccn2)c1. The quantitative estimate of drug-likeness (QED) is 0.851. The van der Waals surface area contributed by atoms with Gasteiger partial charge in [-0.15, -0.1) is 0 Å². The summed E-state index contributed by atoms with van der Waals surface area (Å²) in [7, 11) is 0. The van der Waals surface area contributed by atoms with E-state index in [1.54, 1.807) is 18.5 Å². The monoisotopic (exact) mass is 316 g/mol. The summed E-state index contributed by atoms with van der Waals surface area (Å²) in [4.78, 5) is 20.3. The van der Waals surface area contributed by atoms with E-state index < -0.39 is 0 Å². The molecule has 2 aromatic rings. The highest BCUT2D eigenvalue weighted by molar-refractivity contribution is 7.99. The number of urea groups is 1. The van der Waals surface area contributed by atoms with Gasteiger partial charge < -0.3 is 10.6 Å². The molecule has 2 N–H and O–H groups in total. The van der Waals surface area contributed by atoms with Gasteiger partial charge in [0, 0.05) is 24.6 Å². The molecule has 0 aromatic carbocycles. The minimum atomic E-state index is -0.194. The van der Waals surface area contributed by atoms with Gasteiger partial charge in [0.1, 0.15) is 10.1 Å². The Labute approximate surface area is 135 Å². The van der Waals surface area contributed by atoms with Gasteiger partial charge in [-0.1, -0.05) is 31.7 Å². The van der Waals surface area contributed by atoms with Gasteiger partial charge in [-0.05, 0) is 36.6 Å². The Morgan fingerprint density at radius 2 is 2.00 bits per heavy atom. The molecule has 0 aliphatic heterocycles. The van der Waals surface area contributed by atoms with E-state index in [0.717, 1.165) is 22.2 Å². The van der Waals surface area contributed by atoms with Crippen molar-refractivity contribution in [1.29, 1.82) is 0 Å². The van der Waals surface area contributed by atoms with E-state index in [1.165, 1.54) is 11.8 Å². The van der Waals surface area contributed by atoms with E-state index in [9.17, 15) is 4.79 Å². The van der Waals surface area contributed by atoms with Crippen LogP contribution >= 0.6 is 11.8 Å². The molecule has 0 atom stereocenters. The van der Waals surface area contributed by atoms with Gasteiger partial charge in [0.25, 0.3) is 0 Å². The second kappa shape index (κ2) is 8.38. The maximum Gasteiger partial charge on any atom is 0.319 e. The zero-order valence-corrected chi connectivity index (χ0v) is 13.6. The first-order chi connectivity index (χ1) is 10.6. The first kappa shape index (κ1) is 16.3. The molecule has 5 nitrogen and oxygen atoms in total. The Balaban J connectivity index is 1.89. The minimum absolute atomic E-state index is 0.194. The van der Waals surface area contributed by atoms with E-state index in [0.29, 0.717) is 12.5 Å². The summed E-state index contributed by atoms with van der Waals surface area (Å²) in [5.41, 5.74) is 0.718. The number of rotatable bonds is 6. The molecule has 0 fully saturated rings. The Kier molecular flexibility index (Phi) is 6.21. The average molecular weight is 316 g/mol. The molecule has 0 aliphatic rings. The van der Waals surface area contributed by atoms with Crippen LogP contribution in [0.2, 0.25) is 0 Å². The number of carbonyl (C=O) groups excluding carboxylic acids is 1. The largest absolute Gasteiger partial charge is 0.338 e. The van der Waals surface area contributed by atoms with Crippen molar-refractivity contribution in [2.75, 3.05) is 11.9 Å². The van der Waals surface area contributed by atoms with Crippen molar-refractivity contribution in [1.82, 2.24) is 15.3 Å². The molecule has 0 aliphatic carbocycles. The molecule has 0 spiro atoms. The molecular weight excluding hydrogens is 296 g/mol. The summed E-state index contributed by atoms with van der Waals surface area (Å²) in [5, 5.41) is 7.32. The third kappa shape index (κ3) is 5.73. The standard InChI is InChI=1S/C16H20N4OS/c1-12(2)6-9-19-16(21)20-13-7-10-18-15(11-13)22-14-5-3-4-8-17-14/h3-5,7-8,10-12H,6,9H2,1-2H3,(H2,18,19,20,21). The van der Waals surface area contributed by atoms with Crippen LogP contribution in [-0.4, -0.2) is 22.5 Å². The predicted octanol–water partition coefficient (Wildman–Crippen LogP) is 3.80. The number of nitrogens with one attached hydrogen (secondary N) is 2. The van der Waals surface area contributed by atoms with Crippen LogP contribution in [0, 0.1) is 5.92 Å². The fraction of sp³-hybridized carbons (Fsp3) is 0.312. The minimum Gasteiger partial charge on any atom is -0.338 e. The number of pyridine rings is 2. The number of carbonyl (C=O) groups is 1. The van der Waals surface area contributed by atoms with E-state index in [1.807, 2.05) is 24.3 Å². The number of hydrogen-bond donors (Lipinski definition) is 2. The summed E-state index contributed by atoms with van der Waals surface area (Å²) >= 11 is 1.46. The molecule has 22 heavy (non-hydrogen) atoms. The first-order valence-corrected chi connectivity index (χ1v) is 8.05. The van der Waals surface area contributed by atoms with Crippen LogP contribution in [0.4, 0.5) is 10.5 Å². The highest BCUT2D eigenvalue weighted by atomic mass is 32.2. The predicted molar refractivity (Wildman–Crippen MR) is 89.1 cm³/mol. The van der Waals surface area contributed by atoms with Crippen LogP contribution in [0.15, 0.2) is 52.8 Å². The first-order valence-electron chi connectivity index (χ1n) is 7.23. The Morgan fingerprint density at radius 3 is 2.73 bits per heavy atom. The van der Waals surface area contributed by atoms with Crippen molar-refractivity contribution in [3.8, 4) is 0 Å². The molecule has 0 radical (unpaired) electrons. The van der Waals surface area contributed by atoms with Crippen molar-refractivity contribution < 1.29 is 4.79 Å². The Morgan fingerprint density at radius 1 is 1.18 bits per heavy atom. The van der Waals surface area contributed by atoms with E-state index in [4.69, 9.17) is 0 Å². The molecule has 2 aromatic heterocycles. The van der Waals surface area contributed by atoms with Crippen LogP contribution in [0.5, 0.6) is 0 Å². The molecule has 2 rings (SSSR count). The van der Waals surface area contributed by atoms with Gasteiger partial charge in [-0.2, -0.15) is 0 Å². The van der Waals surface area contributed by atoms with Crippen molar-refractivity contribution in [2.24, 2.45) is 5.92 Å². The fourth-order valence-corrected chi connectivity index (χ4v) is 2.48. The fourth-order valence-electron chi connectivity index (χ4n) is 1.71. The zero-order valence-electron chi connectivity index (χ0n) is 12.7. The number of nitrogens with zero attached hydrogens (tertiary/aromatic N) is 2. The maximum atomic E-state index is 11.8. The maximum absolute atomic E-state index is 11.8. The van der Waals surface area contributed by atoms with Crippen LogP contribution in [-0.2, 0) is 0 Å². The average Bonchev–Trinajstić information content (AvgIpc) is 2.48. The third-order valence-corrected chi connectivity index (χ3v) is 3.73. The number of hydrogen-bond acceptors (Lipinski definition) is 4. The summed E-state index contributed by atoms with van der Waals surface area (Å²) < 4.78 is 0. The molecule has 0 unspecified atom stereocenters. The van der Waals surface area contributed by atoms with Crippen molar-refractivity contribution in [3.63, 3.8) is 0 Å². The lowest BCUT2D eigenvalue weighted by atomic mass is 10.1. The molecule has 0 saturated heterocycles. The molecule has 0 bridgehead atoms. The van der Waals surface area contributed by atoms with Crippen LogP contribution in [0.1, 0.15) is 20.3 Å². The Bertz CT molecular complexity index is 604. The van der Waals surface area contributed by atoms with Crippen molar-refractivity contribution in [2.45, 2.75) is 30.3 Å². The highest BCUT2D eigenvalue weighted by Gasteiger charge is 2.05. The van der Waals surface area contributed by atoms with Crippen molar-refractivity contribution >= 4 is 23.5 Å². The number of aromatic nitrogens is 2.